The molecule has 0 aromatic carbocycles. The van der Waals surface area contributed by atoms with Crippen molar-refractivity contribution in [3.8, 4) is 0 Å². The molecular weight excluding hydrogens is 236 g/mol. The first-order chi connectivity index (χ1) is 8.47. The molecule has 2 atom stereocenters. The molecule has 0 spiro atoms. The third-order valence-corrected chi connectivity index (χ3v) is 3.21. The van der Waals surface area contributed by atoms with E-state index in [0.29, 0.717) is 25.3 Å². The lowest BCUT2D eigenvalue weighted by Gasteiger charge is -2.35. The van der Waals surface area contributed by atoms with Gasteiger partial charge in [-0.15, -0.1) is 0 Å². The van der Waals surface area contributed by atoms with E-state index in [2.05, 4.69) is 4.98 Å². The van der Waals surface area contributed by atoms with Gasteiger partial charge in [-0.05, 0) is 12.3 Å². The maximum atomic E-state index is 10.8. The van der Waals surface area contributed by atoms with Gasteiger partial charge in [-0.25, -0.2) is 4.98 Å². The lowest BCUT2D eigenvalue weighted by Crippen LogP contribution is -2.42. The third kappa shape index (κ3) is 2.51. The SMILES string of the molecule is CC1CN(c2cc([N+](=O)[O-])cc(N)n2)CCC1O. The smallest absolute Gasteiger partial charge is 0.276 e. The molecule has 2 unspecified atom stereocenters. The summed E-state index contributed by atoms with van der Waals surface area (Å²) in [5.74, 6) is 0.750. The second-order valence-electron chi connectivity index (χ2n) is 4.64. The summed E-state index contributed by atoms with van der Waals surface area (Å²) in [7, 11) is 0. The Morgan fingerprint density at radius 2 is 2.33 bits per heavy atom. The van der Waals surface area contributed by atoms with Crippen LogP contribution in [0.5, 0.6) is 0 Å². The number of nitrogens with two attached hydrogens (primary N) is 1. The van der Waals surface area contributed by atoms with Gasteiger partial charge >= 0.3 is 0 Å². The van der Waals surface area contributed by atoms with Crippen molar-refractivity contribution in [3.05, 3.63) is 22.2 Å². The van der Waals surface area contributed by atoms with Crippen LogP contribution in [-0.2, 0) is 0 Å². The maximum absolute atomic E-state index is 10.8. The fourth-order valence-electron chi connectivity index (χ4n) is 2.13. The summed E-state index contributed by atoms with van der Waals surface area (Å²) < 4.78 is 0. The fourth-order valence-corrected chi connectivity index (χ4v) is 2.13. The predicted octanol–water partition coefficient (Wildman–Crippen LogP) is 0.779. The topological polar surface area (TPSA) is 106 Å². The first-order valence-corrected chi connectivity index (χ1v) is 5.82. The summed E-state index contributed by atoms with van der Waals surface area (Å²) in [4.78, 5) is 16.3. The van der Waals surface area contributed by atoms with E-state index < -0.39 is 4.92 Å². The molecule has 7 heteroatoms. The number of pyridine rings is 1. The molecule has 0 radical (unpaired) electrons. The number of aliphatic hydroxyl groups is 1. The minimum Gasteiger partial charge on any atom is -0.393 e. The van der Waals surface area contributed by atoms with Gasteiger partial charge in [-0.3, -0.25) is 10.1 Å². The summed E-state index contributed by atoms with van der Waals surface area (Å²) in [6.07, 6.45) is 0.308. The van der Waals surface area contributed by atoms with Crippen LogP contribution in [-0.4, -0.2) is 34.2 Å². The molecule has 2 heterocycles. The van der Waals surface area contributed by atoms with Crippen LogP contribution in [0.15, 0.2) is 12.1 Å². The molecule has 98 valence electrons. The van der Waals surface area contributed by atoms with Crippen molar-refractivity contribution in [2.75, 3.05) is 23.7 Å². The van der Waals surface area contributed by atoms with Gasteiger partial charge in [0.1, 0.15) is 11.6 Å². The Morgan fingerprint density at radius 1 is 1.61 bits per heavy atom. The highest BCUT2D eigenvalue weighted by Gasteiger charge is 2.26. The molecular formula is C11H16N4O3. The van der Waals surface area contributed by atoms with Crippen LogP contribution in [0.3, 0.4) is 0 Å². The molecule has 1 aromatic rings. The van der Waals surface area contributed by atoms with Gasteiger partial charge in [0, 0.05) is 13.1 Å². The highest BCUT2D eigenvalue weighted by molar-refractivity contribution is 5.54. The summed E-state index contributed by atoms with van der Waals surface area (Å²) >= 11 is 0. The lowest BCUT2D eigenvalue weighted by atomic mass is 9.97. The first kappa shape index (κ1) is 12.6. The molecule has 3 N–H and O–H groups in total. The van der Waals surface area contributed by atoms with Gasteiger partial charge in [0.05, 0.1) is 23.2 Å². The van der Waals surface area contributed by atoms with Crippen molar-refractivity contribution < 1.29 is 10.0 Å². The van der Waals surface area contributed by atoms with Crippen molar-refractivity contribution >= 4 is 17.3 Å². The molecule has 1 fully saturated rings. The predicted molar refractivity (Wildman–Crippen MR) is 67.3 cm³/mol. The average Bonchev–Trinajstić information content (AvgIpc) is 2.31. The monoisotopic (exact) mass is 252 g/mol. The fraction of sp³-hybridized carbons (Fsp3) is 0.545. The largest absolute Gasteiger partial charge is 0.393 e. The number of nitrogen functional groups attached to an aromatic ring is 1. The van der Waals surface area contributed by atoms with Crippen molar-refractivity contribution in [1.29, 1.82) is 0 Å². The molecule has 1 aliphatic heterocycles. The van der Waals surface area contributed by atoms with E-state index in [0.717, 1.165) is 0 Å². The zero-order chi connectivity index (χ0) is 13.3. The van der Waals surface area contributed by atoms with Crippen LogP contribution in [0.4, 0.5) is 17.3 Å². The molecule has 0 saturated carbocycles. The number of rotatable bonds is 2. The summed E-state index contributed by atoms with van der Waals surface area (Å²) in [5, 5.41) is 20.4. The number of nitrogens with zero attached hydrogens (tertiary/aromatic N) is 3. The van der Waals surface area contributed by atoms with Crippen LogP contribution < -0.4 is 10.6 Å². The molecule has 2 rings (SSSR count). The van der Waals surface area contributed by atoms with E-state index >= 15 is 0 Å². The minimum absolute atomic E-state index is 0.0590. The second kappa shape index (κ2) is 4.77. The standard InChI is InChI=1S/C11H16N4O3/c1-7-6-14(3-2-9(7)16)11-5-8(15(17)18)4-10(12)13-11/h4-5,7,9,16H,2-3,6H2,1H3,(H2,12,13). The van der Waals surface area contributed by atoms with Gasteiger partial charge in [-0.1, -0.05) is 6.92 Å². The number of aliphatic hydroxyl groups excluding tert-OH is 1. The Balaban J connectivity index is 2.25. The summed E-state index contributed by atoms with van der Waals surface area (Å²) in [6, 6.07) is 2.66. The molecule has 0 bridgehead atoms. The van der Waals surface area contributed by atoms with Gasteiger partial charge < -0.3 is 15.7 Å². The Kier molecular flexibility index (Phi) is 3.33. The Labute approximate surface area is 104 Å². The van der Waals surface area contributed by atoms with Gasteiger partial charge in [0.25, 0.3) is 5.69 Å². The highest BCUT2D eigenvalue weighted by Crippen LogP contribution is 2.26. The lowest BCUT2D eigenvalue weighted by molar-refractivity contribution is -0.384. The van der Waals surface area contributed by atoms with Gasteiger partial charge in [-0.2, -0.15) is 0 Å². The minimum atomic E-state index is -0.482. The summed E-state index contributed by atoms with van der Waals surface area (Å²) in [5.41, 5.74) is 5.52. The van der Waals surface area contributed by atoms with Crippen molar-refractivity contribution in [3.63, 3.8) is 0 Å². The Bertz CT molecular complexity index is 466. The van der Waals surface area contributed by atoms with Crippen LogP contribution in [0.2, 0.25) is 0 Å². The Morgan fingerprint density at radius 3 is 2.94 bits per heavy atom. The van der Waals surface area contributed by atoms with Crippen LogP contribution >= 0.6 is 0 Å². The van der Waals surface area contributed by atoms with E-state index in [1.165, 1.54) is 12.1 Å². The quantitative estimate of drug-likeness (QED) is 0.595. The van der Waals surface area contributed by atoms with Crippen molar-refractivity contribution in [2.24, 2.45) is 5.92 Å². The maximum Gasteiger partial charge on any atom is 0.276 e. The number of nitro groups is 1. The van der Waals surface area contributed by atoms with E-state index in [-0.39, 0.29) is 23.5 Å². The van der Waals surface area contributed by atoms with E-state index in [9.17, 15) is 15.2 Å². The molecule has 1 saturated heterocycles. The van der Waals surface area contributed by atoms with Crippen molar-refractivity contribution in [1.82, 2.24) is 4.98 Å². The summed E-state index contributed by atoms with van der Waals surface area (Å²) in [6.45, 7) is 3.19. The van der Waals surface area contributed by atoms with Crippen LogP contribution in [0.25, 0.3) is 0 Å². The van der Waals surface area contributed by atoms with Gasteiger partial charge in [0.2, 0.25) is 0 Å². The second-order valence-corrected chi connectivity index (χ2v) is 4.64. The van der Waals surface area contributed by atoms with E-state index in [1.54, 1.807) is 0 Å². The molecule has 18 heavy (non-hydrogen) atoms. The zero-order valence-electron chi connectivity index (χ0n) is 10.1. The zero-order valence-corrected chi connectivity index (χ0v) is 10.1. The average molecular weight is 252 g/mol. The molecule has 0 amide bonds. The molecule has 1 aromatic heterocycles. The van der Waals surface area contributed by atoms with Gasteiger partial charge in [0.15, 0.2) is 0 Å². The molecule has 0 aliphatic carbocycles. The van der Waals surface area contributed by atoms with Crippen LogP contribution in [0.1, 0.15) is 13.3 Å². The van der Waals surface area contributed by atoms with Crippen molar-refractivity contribution in [2.45, 2.75) is 19.4 Å². The first-order valence-electron chi connectivity index (χ1n) is 5.82. The highest BCUT2D eigenvalue weighted by atomic mass is 16.6. The number of aromatic nitrogens is 1. The van der Waals surface area contributed by atoms with Crippen LogP contribution in [0, 0.1) is 16.0 Å². The van der Waals surface area contributed by atoms with E-state index in [4.69, 9.17) is 5.73 Å². The number of anilines is 2. The molecule has 7 nitrogen and oxygen atoms in total. The van der Waals surface area contributed by atoms with E-state index in [1.807, 2.05) is 11.8 Å². The number of piperidine rings is 1. The number of hydrogen-bond acceptors (Lipinski definition) is 6. The third-order valence-electron chi connectivity index (χ3n) is 3.21. The molecule has 1 aliphatic rings. The normalized spacial score (nSPS) is 24.0. The Hall–Kier alpha value is -1.89. The number of hydrogen-bond donors (Lipinski definition) is 2.